The van der Waals surface area contributed by atoms with Crippen LogP contribution < -0.4 is 16.6 Å². The van der Waals surface area contributed by atoms with Gasteiger partial charge in [-0.1, -0.05) is 0 Å². The number of hydrogen-bond acceptors (Lipinski definition) is 5. The van der Waals surface area contributed by atoms with Gasteiger partial charge in [-0.3, -0.25) is 9.00 Å². The molecule has 0 bridgehead atoms. The summed E-state index contributed by atoms with van der Waals surface area (Å²) in [5.74, 6) is 1.81. The zero-order valence-electron chi connectivity index (χ0n) is 8.73. The SMILES string of the molecule is Nc1c(NC2CCS(=O)CC2)nc[nH]c1=O. The van der Waals surface area contributed by atoms with Crippen LogP contribution in [0.25, 0.3) is 0 Å². The molecule has 1 aliphatic rings. The predicted molar refractivity (Wildman–Crippen MR) is 63.8 cm³/mol. The second-order valence-corrected chi connectivity index (χ2v) is 5.46. The van der Waals surface area contributed by atoms with Crippen molar-refractivity contribution >= 4 is 22.3 Å². The molecule has 0 radical (unpaired) electrons. The third-order valence-electron chi connectivity index (χ3n) is 2.62. The third-order valence-corrected chi connectivity index (χ3v) is 4.00. The first-order chi connectivity index (χ1) is 7.66. The lowest BCUT2D eigenvalue weighted by Crippen LogP contribution is -2.31. The molecule has 88 valence electrons. The summed E-state index contributed by atoms with van der Waals surface area (Å²) in [6.45, 7) is 0. The van der Waals surface area contributed by atoms with Gasteiger partial charge in [0.1, 0.15) is 5.69 Å². The van der Waals surface area contributed by atoms with E-state index in [1.807, 2.05) is 0 Å². The lowest BCUT2D eigenvalue weighted by atomic mass is 10.1. The van der Waals surface area contributed by atoms with Crippen LogP contribution in [-0.4, -0.2) is 31.7 Å². The van der Waals surface area contributed by atoms with Crippen LogP contribution in [-0.2, 0) is 10.8 Å². The molecule has 1 fully saturated rings. The first kappa shape index (κ1) is 11.1. The van der Waals surface area contributed by atoms with Gasteiger partial charge in [-0.05, 0) is 12.8 Å². The average Bonchev–Trinajstić information content (AvgIpc) is 2.28. The minimum atomic E-state index is -0.688. The average molecular weight is 242 g/mol. The molecule has 1 aliphatic heterocycles. The summed E-state index contributed by atoms with van der Waals surface area (Å²) in [7, 11) is -0.688. The summed E-state index contributed by atoms with van der Waals surface area (Å²) in [5.41, 5.74) is 5.37. The Hall–Kier alpha value is -1.37. The first-order valence-electron chi connectivity index (χ1n) is 5.11. The topological polar surface area (TPSA) is 101 Å². The number of aromatic nitrogens is 2. The van der Waals surface area contributed by atoms with Crippen LogP contribution in [0, 0.1) is 0 Å². The summed E-state index contributed by atoms with van der Waals surface area (Å²) in [6.07, 6.45) is 2.96. The molecule has 6 nitrogen and oxygen atoms in total. The van der Waals surface area contributed by atoms with Gasteiger partial charge in [0, 0.05) is 28.3 Å². The smallest absolute Gasteiger partial charge is 0.276 e. The van der Waals surface area contributed by atoms with Crippen molar-refractivity contribution in [2.45, 2.75) is 18.9 Å². The van der Waals surface area contributed by atoms with Crippen LogP contribution in [0.2, 0.25) is 0 Å². The molecular weight excluding hydrogens is 228 g/mol. The Morgan fingerprint density at radius 1 is 1.50 bits per heavy atom. The van der Waals surface area contributed by atoms with E-state index in [1.165, 1.54) is 6.33 Å². The molecule has 0 spiro atoms. The van der Waals surface area contributed by atoms with Gasteiger partial charge in [0.25, 0.3) is 5.56 Å². The summed E-state index contributed by atoms with van der Waals surface area (Å²) >= 11 is 0. The lowest BCUT2D eigenvalue weighted by molar-refractivity contribution is 0.622. The molecule has 1 saturated heterocycles. The molecule has 2 rings (SSSR count). The van der Waals surface area contributed by atoms with Gasteiger partial charge in [-0.15, -0.1) is 0 Å². The summed E-state index contributed by atoms with van der Waals surface area (Å²) in [6, 6.07) is 0.203. The number of aromatic amines is 1. The number of nitrogen functional groups attached to an aromatic ring is 1. The van der Waals surface area contributed by atoms with Gasteiger partial charge >= 0.3 is 0 Å². The lowest BCUT2D eigenvalue weighted by Gasteiger charge is -2.23. The number of hydrogen-bond donors (Lipinski definition) is 3. The molecule has 0 atom stereocenters. The van der Waals surface area contributed by atoms with E-state index in [9.17, 15) is 9.00 Å². The molecule has 1 aromatic heterocycles. The Morgan fingerprint density at radius 2 is 2.19 bits per heavy atom. The summed E-state index contributed by atoms with van der Waals surface area (Å²) in [5, 5.41) is 3.12. The summed E-state index contributed by atoms with van der Waals surface area (Å²) in [4.78, 5) is 17.6. The van der Waals surface area contributed by atoms with Crippen molar-refractivity contribution in [3.8, 4) is 0 Å². The molecule has 1 aromatic rings. The van der Waals surface area contributed by atoms with Gasteiger partial charge in [0.05, 0.1) is 6.33 Å². The highest BCUT2D eigenvalue weighted by Gasteiger charge is 2.19. The first-order valence-corrected chi connectivity index (χ1v) is 6.60. The molecule has 0 aliphatic carbocycles. The molecule has 0 amide bonds. The maximum Gasteiger partial charge on any atom is 0.276 e. The Morgan fingerprint density at radius 3 is 2.88 bits per heavy atom. The van der Waals surface area contributed by atoms with E-state index in [2.05, 4.69) is 15.3 Å². The predicted octanol–water partition coefficient (Wildman–Crippen LogP) is -0.325. The summed E-state index contributed by atoms with van der Waals surface area (Å²) < 4.78 is 11.2. The van der Waals surface area contributed by atoms with Gasteiger partial charge in [-0.2, -0.15) is 0 Å². The van der Waals surface area contributed by atoms with Crippen LogP contribution in [0.3, 0.4) is 0 Å². The van der Waals surface area contributed by atoms with Crippen molar-refractivity contribution in [2.24, 2.45) is 0 Å². The molecular formula is C9H14N4O2S. The fourth-order valence-electron chi connectivity index (χ4n) is 1.66. The molecule has 2 heterocycles. The minimum absolute atomic E-state index is 0.106. The maximum atomic E-state index is 11.2. The monoisotopic (exact) mass is 242 g/mol. The minimum Gasteiger partial charge on any atom is -0.391 e. The van der Waals surface area contributed by atoms with E-state index in [1.54, 1.807) is 0 Å². The second-order valence-electron chi connectivity index (χ2n) is 3.76. The van der Waals surface area contributed by atoms with Crippen molar-refractivity contribution in [2.75, 3.05) is 22.6 Å². The Labute approximate surface area is 95.1 Å². The number of nitrogens with two attached hydrogens (primary N) is 1. The third kappa shape index (κ3) is 2.41. The second kappa shape index (κ2) is 4.65. The van der Waals surface area contributed by atoms with Gasteiger partial charge in [0.2, 0.25) is 0 Å². The van der Waals surface area contributed by atoms with E-state index >= 15 is 0 Å². The molecule has 16 heavy (non-hydrogen) atoms. The normalized spacial score (nSPS) is 25.2. The number of anilines is 2. The fraction of sp³-hybridized carbons (Fsp3) is 0.556. The van der Waals surface area contributed by atoms with Crippen molar-refractivity contribution in [3.05, 3.63) is 16.7 Å². The van der Waals surface area contributed by atoms with Crippen molar-refractivity contribution in [1.82, 2.24) is 9.97 Å². The highest BCUT2D eigenvalue weighted by molar-refractivity contribution is 7.85. The fourth-order valence-corrected chi connectivity index (χ4v) is 2.96. The number of nitrogens with zero attached hydrogens (tertiary/aromatic N) is 1. The molecule has 0 aromatic carbocycles. The standard InChI is InChI=1S/C9H14N4O2S/c10-7-8(11-5-12-9(7)14)13-6-1-3-16(15)4-2-6/h5-6H,1-4,10H2,(H2,11,12,13,14). The largest absolute Gasteiger partial charge is 0.391 e. The van der Waals surface area contributed by atoms with E-state index in [0.29, 0.717) is 17.3 Å². The van der Waals surface area contributed by atoms with E-state index in [-0.39, 0.29) is 17.3 Å². The molecule has 7 heteroatoms. The molecule has 0 unspecified atom stereocenters. The van der Waals surface area contributed by atoms with E-state index in [4.69, 9.17) is 5.73 Å². The van der Waals surface area contributed by atoms with Crippen LogP contribution in [0.5, 0.6) is 0 Å². The van der Waals surface area contributed by atoms with Crippen molar-refractivity contribution < 1.29 is 4.21 Å². The Kier molecular flexibility index (Phi) is 3.23. The van der Waals surface area contributed by atoms with Crippen molar-refractivity contribution in [3.63, 3.8) is 0 Å². The highest BCUT2D eigenvalue weighted by atomic mass is 32.2. The molecule has 4 N–H and O–H groups in total. The highest BCUT2D eigenvalue weighted by Crippen LogP contribution is 2.16. The zero-order chi connectivity index (χ0) is 11.5. The quantitative estimate of drug-likeness (QED) is 0.659. The van der Waals surface area contributed by atoms with Crippen LogP contribution in [0.15, 0.2) is 11.1 Å². The Balaban J connectivity index is 2.07. The Bertz CT molecular complexity index is 449. The maximum absolute atomic E-state index is 11.2. The van der Waals surface area contributed by atoms with Crippen LogP contribution in [0.1, 0.15) is 12.8 Å². The van der Waals surface area contributed by atoms with Gasteiger partial charge in [0.15, 0.2) is 5.82 Å². The van der Waals surface area contributed by atoms with Gasteiger partial charge < -0.3 is 16.0 Å². The number of rotatable bonds is 2. The van der Waals surface area contributed by atoms with Crippen molar-refractivity contribution in [1.29, 1.82) is 0 Å². The van der Waals surface area contributed by atoms with Crippen LogP contribution in [0.4, 0.5) is 11.5 Å². The number of nitrogens with one attached hydrogen (secondary N) is 2. The molecule has 0 saturated carbocycles. The van der Waals surface area contributed by atoms with E-state index < -0.39 is 10.8 Å². The number of H-pyrrole nitrogens is 1. The van der Waals surface area contributed by atoms with E-state index in [0.717, 1.165) is 12.8 Å². The zero-order valence-corrected chi connectivity index (χ0v) is 9.55. The van der Waals surface area contributed by atoms with Gasteiger partial charge in [-0.25, -0.2) is 4.98 Å². The van der Waals surface area contributed by atoms with Crippen LogP contribution >= 0.6 is 0 Å².